The van der Waals surface area contributed by atoms with Gasteiger partial charge in [-0.25, -0.2) is 0 Å². The van der Waals surface area contributed by atoms with E-state index in [0.29, 0.717) is 34.3 Å². The first kappa shape index (κ1) is 18.8. The molecule has 0 aliphatic rings. The monoisotopic (exact) mass is 362 g/mol. The van der Waals surface area contributed by atoms with E-state index < -0.39 is 12.0 Å². The Bertz CT molecular complexity index is 777. The van der Waals surface area contributed by atoms with Crippen LogP contribution in [0.4, 0.5) is 11.4 Å². The zero-order chi connectivity index (χ0) is 18.4. The van der Waals surface area contributed by atoms with E-state index >= 15 is 0 Å². The van der Waals surface area contributed by atoms with Gasteiger partial charge >= 0.3 is 0 Å². The summed E-state index contributed by atoms with van der Waals surface area (Å²) in [6.45, 7) is 3.66. The minimum absolute atomic E-state index is 0.352. The Kier molecular flexibility index (Phi) is 6.38. The number of halogens is 1. The predicted octanol–water partition coefficient (Wildman–Crippen LogP) is 3.31. The Morgan fingerprint density at radius 2 is 1.92 bits per heavy atom. The number of hydrogen-bond acceptors (Lipinski definition) is 4. The van der Waals surface area contributed by atoms with Crippen LogP contribution >= 0.6 is 11.6 Å². The molecule has 6 nitrogen and oxygen atoms in total. The third-order valence-electron chi connectivity index (χ3n) is 3.27. The number of rotatable bonds is 6. The van der Waals surface area contributed by atoms with Crippen molar-refractivity contribution in [2.24, 2.45) is 0 Å². The minimum Gasteiger partial charge on any atom is -0.494 e. The van der Waals surface area contributed by atoms with Gasteiger partial charge in [-0.1, -0.05) is 17.7 Å². The van der Waals surface area contributed by atoms with Crippen molar-refractivity contribution in [3.8, 4) is 5.75 Å². The van der Waals surface area contributed by atoms with Crippen molar-refractivity contribution in [3.63, 3.8) is 0 Å². The number of amides is 2. The number of benzene rings is 2. The average Bonchev–Trinajstić information content (AvgIpc) is 2.57. The fraction of sp³-hybridized carbons (Fsp3) is 0.222. The summed E-state index contributed by atoms with van der Waals surface area (Å²) < 4.78 is 5.43. The van der Waals surface area contributed by atoms with Gasteiger partial charge in [0.15, 0.2) is 0 Å². The Morgan fingerprint density at radius 3 is 2.56 bits per heavy atom. The van der Waals surface area contributed by atoms with Crippen molar-refractivity contribution in [2.45, 2.75) is 20.0 Å². The van der Waals surface area contributed by atoms with Gasteiger partial charge in [-0.3, -0.25) is 9.59 Å². The van der Waals surface area contributed by atoms with Crippen LogP contribution in [0.1, 0.15) is 24.2 Å². The molecule has 2 aromatic carbocycles. The highest BCUT2D eigenvalue weighted by molar-refractivity contribution is 6.31. The zero-order valence-corrected chi connectivity index (χ0v) is 14.6. The second-order valence-electron chi connectivity index (χ2n) is 5.27. The van der Waals surface area contributed by atoms with E-state index in [2.05, 4.69) is 10.6 Å². The van der Waals surface area contributed by atoms with Crippen LogP contribution in [0.25, 0.3) is 0 Å². The highest BCUT2D eigenvalue weighted by Gasteiger charge is 2.15. The number of hydrogen-bond donors (Lipinski definition) is 3. The predicted molar refractivity (Wildman–Crippen MR) is 97.3 cm³/mol. The SMILES string of the molecule is CCOc1ccc(NC(=O)[C@H](C)O)c(NC(=O)c2cccc(Cl)c2)c1. The largest absolute Gasteiger partial charge is 0.494 e. The molecule has 0 bridgehead atoms. The molecule has 0 aromatic heterocycles. The van der Waals surface area contributed by atoms with E-state index in [-0.39, 0.29) is 5.91 Å². The smallest absolute Gasteiger partial charge is 0.255 e. The molecule has 0 radical (unpaired) electrons. The Labute approximate surface area is 150 Å². The lowest BCUT2D eigenvalue weighted by Gasteiger charge is -2.15. The highest BCUT2D eigenvalue weighted by Crippen LogP contribution is 2.28. The molecule has 2 amide bonds. The summed E-state index contributed by atoms with van der Waals surface area (Å²) in [6.07, 6.45) is -1.18. The normalized spacial score (nSPS) is 11.5. The number of nitrogens with one attached hydrogen (secondary N) is 2. The maximum atomic E-state index is 12.4. The van der Waals surface area contributed by atoms with Crippen molar-refractivity contribution in [2.75, 3.05) is 17.2 Å². The van der Waals surface area contributed by atoms with Gasteiger partial charge < -0.3 is 20.5 Å². The summed E-state index contributed by atoms with van der Waals surface area (Å²) in [5.74, 6) is -0.426. The first-order valence-electron chi connectivity index (χ1n) is 7.73. The van der Waals surface area contributed by atoms with Crippen molar-refractivity contribution in [3.05, 3.63) is 53.1 Å². The van der Waals surface area contributed by atoms with Crippen LogP contribution in [0, 0.1) is 0 Å². The number of aliphatic hydroxyl groups excluding tert-OH is 1. The molecule has 3 N–H and O–H groups in total. The second-order valence-corrected chi connectivity index (χ2v) is 5.71. The fourth-order valence-corrected chi connectivity index (χ4v) is 2.24. The van der Waals surface area contributed by atoms with Gasteiger partial charge in [-0.05, 0) is 44.2 Å². The van der Waals surface area contributed by atoms with Gasteiger partial charge in [0.05, 0.1) is 18.0 Å². The Balaban J connectivity index is 2.30. The molecule has 0 fully saturated rings. The molecule has 0 unspecified atom stereocenters. The average molecular weight is 363 g/mol. The van der Waals surface area contributed by atoms with E-state index in [1.807, 2.05) is 6.92 Å². The molecule has 0 saturated heterocycles. The number of aliphatic hydroxyl groups is 1. The molecule has 0 aliphatic carbocycles. The topological polar surface area (TPSA) is 87.7 Å². The first-order valence-corrected chi connectivity index (χ1v) is 8.11. The molecule has 1 atom stereocenters. The molecule has 0 saturated carbocycles. The molecule has 0 heterocycles. The van der Waals surface area contributed by atoms with E-state index in [1.165, 1.54) is 13.0 Å². The van der Waals surface area contributed by atoms with Crippen molar-refractivity contribution < 1.29 is 19.4 Å². The summed E-state index contributed by atoms with van der Waals surface area (Å²) in [6, 6.07) is 11.4. The van der Waals surface area contributed by atoms with E-state index in [1.54, 1.807) is 36.4 Å². The Hall–Kier alpha value is -2.57. The molecule has 0 spiro atoms. The van der Waals surface area contributed by atoms with E-state index in [0.717, 1.165) is 0 Å². The van der Waals surface area contributed by atoms with Gasteiger partial charge in [-0.15, -0.1) is 0 Å². The van der Waals surface area contributed by atoms with Gasteiger partial charge in [0.25, 0.3) is 11.8 Å². The maximum absolute atomic E-state index is 12.4. The quantitative estimate of drug-likeness (QED) is 0.735. The van der Waals surface area contributed by atoms with Crippen LogP contribution in [0.5, 0.6) is 5.75 Å². The fourth-order valence-electron chi connectivity index (χ4n) is 2.05. The van der Waals surface area contributed by atoms with Crippen LogP contribution in [-0.4, -0.2) is 29.6 Å². The summed E-state index contributed by atoms with van der Waals surface area (Å²) in [4.78, 5) is 24.2. The zero-order valence-electron chi connectivity index (χ0n) is 13.9. The number of ether oxygens (including phenoxy) is 1. The van der Waals surface area contributed by atoms with Crippen molar-refractivity contribution in [1.29, 1.82) is 0 Å². The highest BCUT2D eigenvalue weighted by atomic mass is 35.5. The summed E-state index contributed by atoms with van der Waals surface area (Å²) >= 11 is 5.91. The lowest BCUT2D eigenvalue weighted by atomic mass is 10.2. The second kappa shape index (κ2) is 8.50. The van der Waals surface area contributed by atoms with Gasteiger partial charge in [0.2, 0.25) is 0 Å². The molecule has 7 heteroatoms. The molecule has 0 aliphatic heterocycles. The summed E-state index contributed by atoms with van der Waals surface area (Å²) in [5, 5.41) is 15.1. The number of anilines is 2. The van der Waals surface area contributed by atoms with Crippen LogP contribution in [0.2, 0.25) is 5.02 Å². The molecule has 2 aromatic rings. The summed E-state index contributed by atoms with van der Waals surface area (Å²) in [7, 11) is 0. The molecular weight excluding hydrogens is 344 g/mol. The maximum Gasteiger partial charge on any atom is 0.255 e. The van der Waals surface area contributed by atoms with E-state index in [4.69, 9.17) is 16.3 Å². The van der Waals surface area contributed by atoms with Crippen LogP contribution in [0.15, 0.2) is 42.5 Å². The molecule has 2 rings (SSSR count). The minimum atomic E-state index is -1.18. The first-order chi connectivity index (χ1) is 11.9. The van der Waals surface area contributed by atoms with E-state index in [9.17, 15) is 14.7 Å². The van der Waals surface area contributed by atoms with Gasteiger partial charge in [0, 0.05) is 16.7 Å². The molecule has 25 heavy (non-hydrogen) atoms. The van der Waals surface area contributed by atoms with Crippen LogP contribution in [0.3, 0.4) is 0 Å². The van der Waals surface area contributed by atoms with Gasteiger partial charge in [0.1, 0.15) is 11.9 Å². The Morgan fingerprint density at radius 1 is 1.16 bits per heavy atom. The lowest BCUT2D eigenvalue weighted by Crippen LogP contribution is -2.25. The third-order valence-corrected chi connectivity index (χ3v) is 3.51. The van der Waals surface area contributed by atoms with Crippen molar-refractivity contribution in [1.82, 2.24) is 0 Å². The third kappa shape index (κ3) is 5.20. The standard InChI is InChI=1S/C18H19ClN2O4/c1-3-25-14-7-8-15(20-17(23)11(2)22)16(10-14)21-18(24)12-5-4-6-13(19)9-12/h4-11,22H,3H2,1-2H3,(H,20,23)(H,21,24)/t11-/m0/s1. The lowest BCUT2D eigenvalue weighted by molar-refractivity contribution is -0.123. The summed E-state index contributed by atoms with van der Waals surface area (Å²) in [5.41, 5.74) is 1.08. The van der Waals surface area contributed by atoms with Gasteiger partial charge in [-0.2, -0.15) is 0 Å². The number of carbonyl (C=O) groups is 2. The van der Waals surface area contributed by atoms with Crippen LogP contribution < -0.4 is 15.4 Å². The molecule has 132 valence electrons. The van der Waals surface area contributed by atoms with Crippen LogP contribution in [-0.2, 0) is 4.79 Å². The van der Waals surface area contributed by atoms with Crippen molar-refractivity contribution >= 4 is 34.8 Å². The molecular formula is C18H19ClN2O4. The number of carbonyl (C=O) groups excluding carboxylic acids is 2.